The number of rotatable bonds is 5. The second kappa shape index (κ2) is 5.56. The van der Waals surface area contributed by atoms with Crippen LogP contribution in [0.3, 0.4) is 0 Å². The molecule has 0 bridgehead atoms. The Labute approximate surface area is 94.2 Å². The van der Waals surface area contributed by atoms with E-state index in [0.29, 0.717) is 17.9 Å². The van der Waals surface area contributed by atoms with Crippen molar-refractivity contribution in [3.8, 4) is 0 Å². The summed E-state index contributed by atoms with van der Waals surface area (Å²) in [5, 5.41) is 9.18. The minimum absolute atomic E-state index is 0.187. The maximum absolute atomic E-state index is 10.3. The quantitative estimate of drug-likeness (QED) is 0.830. The average molecular weight is 225 g/mol. The van der Waals surface area contributed by atoms with Gasteiger partial charge in [-0.25, -0.2) is 0 Å². The third-order valence-electron chi connectivity index (χ3n) is 2.12. The summed E-state index contributed by atoms with van der Waals surface area (Å²) in [5.41, 5.74) is 1.97. The molecule has 1 N–H and O–H groups in total. The Bertz CT molecular complexity index is 354. The first-order valence-corrected chi connectivity index (χ1v) is 5.13. The lowest BCUT2D eigenvalue weighted by Gasteiger charge is -2.04. The highest BCUT2D eigenvalue weighted by atomic mass is 35.5. The van der Waals surface area contributed by atoms with E-state index < -0.39 is 5.97 Å². The van der Waals surface area contributed by atoms with Gasteiger partial charge in [0.2, 0.25) is 0 Å². The van der Waals surface area contributed by atoms with Crippen molar-refractivity contribution in [1.29, 1.82) is 0 Å². The lowest BCUT2D eigenvalue weighted by Crippen LogP contribution is -1.94. The normalized spacial score (nSPS) is 9.93. The first kappa shape index (κ1) is 11.8. The first-order valence-electron chi connectivity index (χ1n) is 4.75. The molecule has 0 spiro atoms. The molecule has 0 aliphatic rings. The summed E-state index contributed by atoms with van der Waals surface area (Å²) in [6.07, 6.45) is 1.51. The molecule has 0 aliphatic heterocycles. The molecule has 0 atom stereocenters. The van der Waals surface area contributed by atoms with Gasteiger partial charge in [-0.05, 0) is 36.1 Å². The van der Waals surface area contributed by atoms with E-state index in [-0.39, 0.29) is 6.42 Å². The number of halogens is 1. The Morgan fingerprint density at radius 3 is 2.40 bits per heavy atom. The van der Waals surface area contributed by atoms with Gasteiger partial charge in [0.1, 0.15) is 0 Å². The second-order valence-electron chi connectivity index (χ2n) is 3.36. The number of hydrogen-bond donors (Lipinski definition) is 1. The molecule has 0 unspecified atom stereocenters. The Morgan fingerprint density at radius 2 is 1.87 bits per heavy atom. The molecular weight excluding hydrogens is 212 g/mol. The van der Waals surface area contributed by atoms with Gasteiger partial charge in [-0.3, -0.25) is 4.79 Å². The zero-order valence-electron chi connectivity index (χ0n) is 8.37. The monoisotopic (exact) mass is 224 g/mol. The Hall–Kier alpha value is -1.28. The molecule has 0 saturated carbocycles. The predicted octanol–water partition coefficient (Wildman–Crippen LogP) is 3.61. The molecule has 0 fully saturated rings. The summed E-state index contributed by atoms with van der Waals surface area (Å²) >= 11 is 5.75. The second-order valence-corrected chi connectivity index (χ2v) is 3.79. The Balaban J connectivity index is 2.47. The summed E-state index contributed by atoms with van der Waals surface area (Å²) in [5.74, 6) is -0.765. The van der Waals surface area contributed by atoms with Gasteiger partial charge in [0.15, 0.2) is 0 Å². The van der Waals surface area contributed by atoms with Crippen LogP contribution in [0.1, 0.15) is 24.8 Å². The number of hydrogen-bond acceptors (Lipinski definition) is 1. The molecule has 0 aliphatic carbocycles. The first-order chi connectivity index (χ1) is 7.09. The molecule has 2 nitrogen and oxygen atoms in total. The molecule has 0 heterocycles. The SMILES string of the molecule is C=C(CCCC(=O)O)c1ccc(Cl)cc1. The summed E-state index contributed by atoms with van der Waals surface area (Å²) in [6, 6.07) is 7.40. The predicted molar refractivity (Wildman–Crippen MR) is 62.0 cm³/mol. The molecule has 3 heteroatoms. The van der Waals surface area contributed by atoms with Crippen LogP contribution in [0, 0.1) is 0 Å². The number of carboxylic acids is 1. The molecule has 15 heavy (non-hydrogen) atoms. The summed E-state index contributed by atoms with van der Waals surface area (Å²) in [7, 11) is 0. The molecule has 1 rings (SSSR count). The molecule has 0 saturated heterocycles. The highest BCUT2D eigenvalue weighted by Gasteiger charge is 2.01. The van der Waals surface area contributed by atoms with E-state index in [1.165, 1.54) is 0 Å². The van der Waals surface area contributed by atoms with Crippen LogP contribution < -0.4 is 0 Å². The fourth-order valence-electron chi connectivity index (χ4n) is 1.28. The van der Waals surface area contributed by atoms with Gasteiger partial charge >= 0.3 is 5.97 Å². The largest absolute Gasteiger partial charge is 0.481 e. The van der Waals surface area contributed by atoms with Gasteiger partial charge in [-0.15, -0.1) is 0 Å². The third-order valence-corrected chi connectivity index (χ3v) is 2.37. The number of carboxylic acid groups (broad SMARTS) is 1. The topological polar surface area (TPSA) is 37.3 Å². The van der Waals surface area contributed by atoms with Gasteiger partial charge in [-0.2, -0.15) is 0 Å². The number of benzene rings is 1. The van der Waals surface area contributed by atoms with Gasteiger partial charge in [0.05, 0.1) is 0 Å². The lowest BCUT2D eigenvalue weighted by molar-refractivity contribution is -0.137. The zero-order chi connectivity index (χ0) is 11.3. The van der Waals surface area contributed by atoms with E-state index in [1.54, 1.807) is 12.1 Å². The van der Waals surface area contributed by atoms with Crippen LogP contribution in [-0.4, -0.2) is 11.1 Å². The van der Waals surface area contributed by atoms with E-state index in [4.69, 9.17) is 16.7 Å². The van der Waals surface area contributed by atoms with Crippen molar-refractivity contribution in [2.75, 3.05) is 0 Å². The van der Waals surface area contributed by atoms with Gasteiger partial charge in [0.25, 0.3) is 0 Å². The molecule has 0 amide bonds. The van der Waals surface area contributed by atoms with Gasteiger partial charge in [-0.1, -0.05) is 30.3 Å². The van der Waals surface area contributed by atoms with Gasteiger partial charge in [0, 0.05) is 11.4 Å². The number of carbonyl (C=O) groups is 1. The van der Waals surface area contributed by atoms with Crippen molar-refractivity contribution in [3.63, 3.8) is 0 Å². The minimum Gasteiger partial charge on any atom is -0.481 e. The van der Waals surface area contributed by atoms with E-state index in [9.17, 15) is 4.79 Å². The zero-order valence-corrected chi connectivity index (χ0v) is 9.13. The van der Waals surface area contributed by atoms with Crippen molar-refractivity contribution in [2.45, 2.75) is 19.3 Å². The number of aliphatic carboxylic acids is 1. The lowest BCUT2D eigenvalue weighted by atomic mass is 10.0. The van der Waals surface area contributed by atoms with Crippen LogP contribution in [0.15, 0.2) is 30.8 Å². The van der Waals surface area contributed by atoms with Crippen LogP contribution in [0.4, 0.5) is 0 Å². The van der Waals surface area contributed by atoms with Crippen LogP contribution in [0.25, 0.3) is 5.57 Å². The standard InChI is InChI=1S/C12H13ClO2/c1-9(3-2-4-12(14)15)10-5-7-11(13)8-6-10/h5-8H,1-4H2,(H,14,15). The van der Waals surface area contributed by atoms with Crippen LogP contribution in [0.5, 0.6) is 0 Å². The Kier molecular flexibility index (Phi) is 4.37. The van der Waals surface area contributed by atoms with E-state index in [2.05, 4.69) is 6.58 Å². The van der Waals surface area contributed by atoms with Crippen molar-refractivity contribution >= 4 is 23.1 Å². The van der Waals surface area contributed by atoms with Crippen LogP contribution >= 0.6 is 11.6 Å². The smallest absolute Gasteiger partial charge is 0.303 e. The van der Waals surface area contributed by atoms with Crippen LogP contribution in [0.2, 0.25) is 5.02 Å². The molecule has 1 aromatic rings. The highest BCUT2D eigenvalue weighted by Crippen LogP contribution is 2.20. The molecule has 80 valence electrons. The van der Waals surface area contributed by atoms with E-state index in [0.717, 1.165) is 11.1 Å². The van der Waals surface area contributed by atoms with Crippen molar-refractivity contribution < 1.29 is 9.90 Å². The highest BCUT2D eigenvalue weighted by molar-refractivity contribution is 6.30. The molecule has 0 aromatic heterocycles. The molecule has 0 radical (unpaired) electrons. The third kappa shape index (κ3) is 4.17. The number of allylic oxidation sites excluding steroid dienone is 1. The van der Waals surface area contributed by atoms with E-state index in [1.807, 2.05) is 12.1 Å². The molecular formula is C12H13ClO2. The van der Waals surface area contributed by atoms with Crippen molar-refractivity contribution in [1.82, 2.24) is 0 Å². The van der Waals surface area contributed by atoms with E-state index >= 15 is 0 Å². The summed E-state index contributed by atoms with van der Waals surface area (Å²) in [4.78, 5) is 10.3. The minimum atomic E-state index is -0.765. The fourth-order valence-corrected chi connectivity index (χ4v) is 1.41. The Morgan fingerprint density at radius 1 is 1.27 bits per heavy atom. The fraction of sp³-hybridized carbons (Fsp3) is 0.250. The van der Waals surface area contributed by atoms with Crippen LogP contribution in [-0.2, 0) is 4.79 Å². The maximum atomic E-state index is 10.3. The van der Waals surface area contributed by atoms with Gasteiger partial charge < -0.3 is 5.11 Å². The summed E-state index contributed by atoms with van der Waals surface area (Å²) < 4.78 is 0. The summed E-state index contributed by atoms with van der Waals surface area (Å²) in [6.45, 7) is 3.92. The van der Waals surface area contributed by atoms with Crippen molar-refractivity contribution in [3.05, 3.63) is 41.4 Å². The maximum Gasteiger partial charge on any atom is 0.303 e. The van der Waals surface area contributed by atoms with Crippen molar-refractivity contribution in [2.24, 2.45) is 0 Å². The molecule has 1 aromatic carbocycles. The average Bonchev–Trinajstić information content (AvgIpc) is 2.18.